The van der Waals surface area contributed by atoms with Gasteiger partial charge in [0.15, 0.2) is 5.69 Å². The minimum Gasteiger partial charge on any atom is -0.477 e. The molecule has 2 aliphatic heterocycles. The molecule has 0 unspecified atom stereocenters. The number of primary amides is 1. The zero-order chi connectivity index (χ0) is 23.3. The van der Waals surface area contributed by atoms with E-state index in [1.807, 2.05) is 0 Å². The van der Waals surface area contributed by atoms with Crippen molar-refractivity contribution in [2.24, 2.45) is 23.3 Å². The number of hydrogen-bond acceptors (Lipinski definition) is 7. The summed E-state index contributed by atoms with van der Waals surface area (Å²) in [4.78, 5) is 26.8. The summed E-state index contributed by atoms with van der Waals surface area (Å²) in [5.41, 5.74) is 11.1. The molecule has 1 aromatic rings. The average Bonchev–Trinajstić information content (AvgIpc) is 3.55. The molecule has 178 valence electrons. The van der Waals surface area contributed by atoms with E-state index in [-0.39, 0.29) is 36.6 Å². The van der Waals surface area contributed by atoms with Crippen LogP contribution in [0.3, 0.4) is 0 Å². The largest absolute Gasteiger partial charge is 0.477 e. The van der Waals surface area contributed by atoms with Gasteiger partial charge in [-0.3, -0.25) is 4.79 Å². The molecule has 32 heavy (non-hydrogen) atoms. The van der Waals surface area contributed by atoms with E-state index in [1.165, 1.54) is 17.0 Å². The van der Waals surface area contributed by atoms with E-state index >= 15 is 0 Å². The Bertz CT molecular complexity index is 807. The van der Waals surface area contributed by atoms with Crippen molar-refractivity contribution >= 4 is 17.6 Å². The summed E-state index contributed by atoms with van der Waals surface area (Å²) in [5.74, 6) is -3.16. The Morgan fingerprint density at radius 3 is 2.44 bits per heavy atom. The normalized spacial score (nSPS) is 21.0. The zero-order valence-corrected chi connectivity index (χ0v) is 17.8. The molecular formula is C21H30F2N4O5. The first kappa shape index (κ1) is 24.1. The van der Waals surface area contributed by atoms with Crippen LogP contribution in [0.4, 0.5) is 14.5 Å². The molecule has 1 atom stereocenters. The predicted octanol–water partition coefficient (Wildman–Crippen LogP) is 1.64. The highest BCUT2D eigenvalue weighted by Gasteiger charge is 2.45. The van der Waals surface area contributed by atoms with Crippen molar-refractivity contribution in [1.29, 1.82) is 0 Å². The summed E-state index contributed by atoms with van der Waals surface area (Å²) in [7, 11) is 0. The second-order valence-electron chi connectivity index (χ2n) is 8.58. The first-order valence-corrected chi connectivity index (χ1v) is 10.8. The first-order valence-electron chi connectivity index (χ1n) is 10.8. The molecule has 3 fully saturated rings. The summed E-state index contributed by atoms with van der Waals surface area (Å²) in [6.07, 6.45) is 4.36. The molecular weight excluding hydrogens is 426 g/mol. The fraction of sp³-hybridized carbons (Fsp3) is 0.667. The maximum atomic E-state index is 12.9. The number of nitrogens with two attached hydrogens (primary N) is 2. The number of amides is 1. The first-order chi connectivity index (χ1) is 15.1. The highest BCUT2D eigenvalue weighted by atomic mass is 19.3. The van der Waals surface area contributed by atoms with Crippen LogP contribution in [-0.4, -0.2) is 66.8 Å². The number of carboxylic acids is 1. The van der Waals surface area contributed by atoms with Gasteiger partial charge in [0.1, 0.15) is 5.69 Å². The summed E-state index contributed by atoms with van der Waals surface area (Å²) in [6, 6.07) is 2.71. The molecule has 1 aromatic heterocycles. The van der Waals surface area contributed by atoms with Crippen LogP contribution in [0.15, 0.2) is 12.1 Å². The number of rotatable bonds is 8. The molecule has 0 aromatic carbocycles. The minimum absolute atomic E-state index is 0.0774. The van der Waals surface area contributed by atoms with Gasteiger partial charge in [-0.15, -0.1) is 0 Å². The Morgan fingerprint density at radius 1 is 1.25 bits per heavy atom. The van der Waals surface area contributed by atoms with Crippen LogP contribution < -0.4 is 21.1 Å². The van der Waals surface area contributed by atoms with E-state index < -0.39 is 11.9 Å². The van der Waals surface area contributed by atoms with Crippen molar-refractivity contribution in [3.05, 3.63) is 17.8 Å². The van der Waals surface area contributed by atoms with Gasteiger partial charge in [0.25, 0.3) is 5.92 Å². The number of aromatic nitrogens is 1. The van der Waals surface area contributed by atoms with Crippen molar-refractivity contribution in [1.82, 2.24) is 4.98 Å². The third-order valence-electron chi connectivity index (χ3n) is 5.71. The summed E-state index contributed by atoms with van der Waals surface area (Å²) in [5, 5.41) is 8.93. The molecule has 11 heteroatoms. The van der Waals surface area contributed by atoms with Crippen LogP contribution in [0.25, 0.3) is 0 Å². The maximum Gasteiger partial charge on any atom is 0.354 e. The van der Waals surface area contributed by atoms with Gasteiger partial charge < -0.3 is 30.9 Å². The van der Waals surface area contributed by atoms with Crippen molar-refractivity contribution in [3.63, 3.8) is 0 Å². The molecule has 1 amide bonds. The summed E-state index contributed by atoms with van der Waals surface area (Å²) < 4.78 is 36.6. The molecule has 3 heterocycles. The number of aromatic carboxylic acids is 1. The Balaban J connectivity index is 0.000000207. The van der Waals surface area contributed by atoms with Gasteiger partial charge >= 0.3 is 5.97 Å². The van der Waals surface area contributed by atoms with E-state index in [4.69, 9.17) is 26.0 Å². The van der Waals surface area contributed by atoms with E-state index in [0.29, 0.717) is 30.6 Å². The lowest BCUT2D eigenvalue weighted by molar-refractivity contribution is -0.118. The van der Waals surface area contributed by atoms with Crippen LogP contribution in [-0.2, 0) is 9.53 Å². The monoisotopic (exact) mass is 456 g/mol. The Kier molecular flexibility index (Phi) is 7.83. The van der Waals surface area contributed by atoms with Gasteiger partial charge in [-0.2, -0.15) is 0 Å². The SMILES string of the molecule is NC(=O)C[C@H](N)C1CCOCC1.O=C(O)c1ccc(N2CC(F)(F)C2)c(OCC2CC2)n1. The van der Waals surface area contributed by atoms with Crippen LogP contribution in [0.5, 0.6) is 5.88 Å². The molecule has 1 saturated carbocycles. The molecule has 2 saturated heterocycles. The van der Waals surface area contributed by atoms with Crippen molar-refractivity contribution in [2.75, 3.05) is 37.8 Å². The highest BCUT2D eigenvalue weighted by Crippen LogP contribution is 2.37. The second kappa shape index (κ2) is 10.4. The van der Waals surface area contributed by atoms with Crippen molar-refractivity contribution in [3.8, 4) is 5.88 Å². The Labute approximate surface area is 185 Å². The number of carboxylic acid groups (broad SMARTS) is 1. The third-order valence-corrected chi connectivity index (χ3v) is 5.71. The number of pyridine rings is 1. The number of carbonyl (C=O) groups excluding carboxylic acids is 1. The van der Waals surface area contributed by atoms with Gasteiger partial charge in [-0.05, 0) is 49.7 Å². The van der Waals surface area contributed by atoms with Crippen LogP contribution in [0.2, 0.25) is 0 Å². The fourth-order valence-corrected chi connectivity index (χ4v) is 3.61. The van der Waals surface area contributed by atoms with Crippen molar-refractivity contribution < 1.29 is 33.0 Å². The average molecular weight is 456 g/mol. The molecule has 0 spiro atoms. The van der Waals surface area contributed by atoms with Gasteiger partial charge in [-0.1, -0.05) is 0 Å². The molecule has 9 nitrogen and oxygen atoms in total. The quantitative estimate of drug-likeness (QED) is 0.536. The smallest absolute Gasteiger partial charge is 0.354 e. The lowest BCUT2D eigenvalue weighted by atomic mass is 9.90. The van der Waals surface area contributed by atoms with E-state index in [0.717, 1.165) is 38.9 Å². The number of hydrogen-bond donors (Lipinski definition) is 3. The molecule has 0 bridgehead atoms. The number of anilines is 1. The highest BCUT2D eigenvalue weighted by molar-refractivity contribution is 5.86. The van der Waals surface area contributed by atoms with Crippen LogP contribution >= 0.6 is 0 Å². The van der Waals surface area contributed by atoms with Gasteiger partial charge in [0.05, 0.1) is 19.7 Å². The van der Waals surface area contributed by atoms with Crippen molar-refractivity contribution in [2.45, 2.75) is 44.1 Å². The van der Waals surface area contributed by atoms with E-state index in [2.05, 4.69) is 4.98 Å². The number of halogens is 2. The van der Waals surface area contributed by atoms with E-state index in [1.54, 1.807) is 0 Å². The fourth-order valence-electron chi connectivity index (χ4n) is 3.61. The minimum atomic E-state index is -2.70. The Hall–Kier alpha value is -2.53. The van der Waals surface area contributed by atoms with Gasteiger partial charge in [0.2, 0.25) is 11.8 Å². The van der Waals surface area contributed by atoms with E-state index in [9.17, 15) is 18.4 Å². The second-order valence-corrected chi connectivity index (χ2v) is 8.58. The van der Waals surface area contributed by atoms with Crippen LogP contribution in [0, 0.1) is 11.8 Å². The maximum absolute atomic E-state index is 12.9. The topological polar surface area (TPSA) is 141 Å². The molecule has 3 aliphatic rings. The lowest BCUT2D eigenvalue weighted by Crippen LogP contribution is -2.56. The lowest BCUT2D eigenvalue weighted by Gasteiger charge is -2.40. The van der Waals surface area contributed by atoms with Crippen LogP contribution in [0.1, 0.15) is 42.6 Å². The van der Waals surface area contributed by atoms with Gasteiger partial charge in [-0.25, -0.2) is 18.6 Å². The molecule has 1 aliphatic carbocycles. The zero-order valence-electron chi connectivity index (χ0n) is 17.8. The number of carbonyl (C=O) groups is 2. The Morgan fingerprint density at radius 2 is 1.91 bits per heavy atom. The number of alkyl halides is 2. The summed E-state index contributed by atoms with van der Waals surface area (Å²) in [6.45, 7) is 1.20. The molecule has 4 rings (SSSR count). The predicted molar refractivity (Wildman–Crippen MR) is 112 cm³/mol. The number of nitrogens with zero attached hydrogens (tertiary/aromatic N) is 2. The number of ether oxygens (including phenoxy) is 2. The molecule has 5 N–H and O–H groups in total. The third kappa shape index (κ3) is 6.99. The van der Waals surface area contributed by atoms with Gasteiger partial charge in [0, 0.05) is 25.7 Å². The summed E-state index contributed by atoms with van der Waals surface area (Å²) >= 11 is 0. The standard InChI is InChI=1S/C13H14F2N2O3.C8H16N2O2/c14-13(15)6-17(7-13)10-4-3-9(12(18)19)16-11(10)20-5-8-1-2-8;9-7(5-8(10)11)6-1-3-12-4-2-6/h3-4,8H,1-2,5-7H2,(H,18,19);6-7H,1-5,9H2,(H2,10,11)/t;7-/m.0/s1. The molecule has 0 radical (unpaired) electrons.